The predicted octanol–water partition coefficient (Wildman–Crippen LogP) is 4.67. The first kappa shape index (κ1) is 15.6. The van der Waals surface area contributed by atoms with E-state index in [1.807, 2.05) is 54.6 Å². The number of para-hydroxylation sites is 1. The largest absolute Gasteiger partial charge is 0.360 e. The molecule has 0 spiro atoms. The molecule has 2 heterocycles. The molecule has 0 aliphatic heterocycles. The topological polar surface area (TPSA) is 58.6 Å². The first-order chi connectivity index (χ1) is 12.3. The normalized spacial score (nSPS) is 12.2. The number of ketones is 1. The van der Waals surface area contributed by atoms with E-state index in [1.54, 1.807) is 24.7 Å². The number of carbonyl (C=O) groups is 1. The number of nitrogens with one attached hydrogen (secondary N) is 1. The van der Waals surface area contributed by atoms with Crippen molar-refractivity contribution in [1.82, 2.24) is 15.0 Å². The first-order valence-electron chi connectivity index (χ1n) is 7.92. The van der Waals surface area contributed by atoms with Crippen LogP contribution in [0.2, 0.25) is 0 Å². The van der Waals surface area contributed by atoms with Gasteiger partial charge in [-0.1, -0.05) is 60.3 Å². The van der Waals surface area contributed by atoms with E-state index in [2.05, 4.69) is 15.0 Å². The van der Waals surface area contributed by atoms with E-state index >= 15 is 0 Å². The van der Waals surface area contributed by atoms with Crippen LogP contribution in [0.4, 0.5) is 0 Å². The van der Waals surface area contributed by atoms with Crippen LogP contribution in [0.3, 0.4) is 0 Å². The Balaban J connectivity index is 1.76. The number of benzene rings is 2. The van der Waals surface area contributed by atoms with Crippen molar-refractivity contribution in [3.05, 3.63) is 90.4 Å². The lowest BCUT2D eigenvalue weighted by Crippen LogP contribution is -2.10. The molecule has 0 amide bonds. The molecule has 0 radical (unpaired) electrons. The second-order valence-corrected chi connectivity index (χ2v) is 6.62. The molecule has 0 saturated carbocycles. The van der Waals surface area contributed by atoms with Crippen molar-refractivity contribution >= 4 is 28.4 Å². The fraction of sp³-hybridized carbons (Fsp3) is 0.0500. The van der Waals surface area contributed by atoms with E-state index in [4.69, 9.17) is 0 Å². The van der Waals surface area contributed by atoms with Gasteiger partial charge in [-0.25, -0.2) is 9.97 Å². The molecule has 0 aliphatic rings. The van der Waals surface area contributed by atoms with Crippen molar-refractivity contribution < 1.29 is 4.79 Å². The lowest BCUT2D eigenvalue weighted by molar-refractivity contribution is 0.0991. The third-order valence-electron chi connectivity index (χ3n) is 3.96. The lowest BCUT2D eigenvalue weighted by atomic mass is 10.0. The molecular weight excluding hydrogens is 330 g/mol. The fourth-order valence-electron chi connectivity index (χ4n) is 2.77. The summed E-state index contributed by atoms with van der Waals surface area (Å²) in [6.45, 7) is 0. The number of aromatic nitrogens is 3. The number of aromatic amines is 1. The monoisotopic (exact) mass is 345 g/mol. The summed E-state index contributed by atoms with van der Waals surface area (Å²) in [4.78, 5) is 25.0. The standard InChI is InChI=1S/C20H15N3OS/c24-18(16-13-23-17-10-5-4-9-15(16)17)19(14-7-2-1-3-8-14)25-20-21-11-6-12-22-20/h1-13,19,23H/t19-/m0/s1. The fourth-order valence-corrected chi connectivity index (χ4v) is 3.75. The van der Waals surface area contributed by atoms with E-state index in [0.29, 0.717) is 10.7 Å². The second kappa shape index (κ2) is 6.91. The molecule has 0 bridgehead atoms. The first-order valence-corrected chi connectivity index (χ1v) is 8.80. The maximum Gasteiger partial charge on any atom is 0.188 e. The number of nitrogens with zero attached hydrogens (tertiary/aromatic N) is 2. The highest BCUT2D eigenvalue weighted by Gasteiger charge is 2.26. The Kier molecular flexibility index (Phi) is 4.31. The Bertz CT molecular complexity index is 999. The van der Waals surface area contributed by atoms with Crippen molar-refractivity contribution in [2.45, 2.75) is 10.4 Å². The molecule has 2 aromatic heterocycles. The zero-order valence-electron chi connectivity index (χ0n) is 13.3. The van der Waals surface area contributed by atoms with Gasteiger partial charge in [0, 0.05) is 35.1 Å². The highest BCUT2D eigenvalue weighted by molar-refractivity contribution is 8.00. The molecular formula is C20H15N3OS. The average Bonchev–Trinajstić information content (AvgIpc) is 3.11. The third-order valence-corrected chi connectivity index (χ3v) is 5.10. The van der Waals surface area contributed by atoms with Crippen LogP contribution in [0.15, 0.2) is 84.4 Å². The van der Waals surface area contributed by atoms with E-state index in [0.717, 1.165) is 16.5 Å². The summed E-state index contributed by atoms with van der Waals surface area (Å²) in [6, 6.07) is 19.4. The minimum absolute atomic E-state index is 0.0427. The molecule has 1 atom stereocenters. The van der Waals surface area contributed by atoms with Gasteiger partial charge in [0.2, 0.25) is 0 Å². The van der Waals surface area contributed by atoms with Gasteiger partial charge in [-0.05, 0) is 17.7 Å². The number of carbonyl (C=O) groups excluding carboxylic acids is 1. The van der Waals surface area contributed by atoms with Crippen LogP contribution >= 0.6 is 11.8 Å². The molecule has 0 aliphatic carbocycles. The van der Waals surface area contributed by atoms with Crippen LogP contribution in [-0.2, 0) is 0 Å². The Labute approximate surface area is 149 Å². The molecule has 4 rings (SSSR count). The summed E-state index contributed by atoms with van der Waals surface area (Å²) in [5.41, 5.74) is 2.58. The van der Waals surface area contributed by atoms with Gasteiger partial charge < -0.3 is 4.98 Å². The van der Waals surface area contributed by atoms with E-state index in [9.17, 15) is 4.79 Å². The van der Waals surface area contributed by atoms with Gasteiger partial charge in [0.1, 0.15) is 5.25 Å². The second-order valence-electron chi connectivity index (χ2n) is 5.55. The van der Waals surface area contributed by atoms with Gasteiger partial charge in [0.15, 0.2) is 10.9 Å². The summed E-state index contributed by atoms with van der Waals surface area (Å²) in [6.07, 6.45) is 5.16. The van der Waals surface area contributed by atoms with Gasteiger partial charge in [-0.15, -0.1) is 0 Å². The van der Waals surface area contributed by atoms with Crippen molar-refractivity contribution in [3.63, 3.8) is 0 Å². The summed E-state index contributed by atoms with van der Waals surface area (Å²) >= 11 is 1.37. The molecule has 4 aromatic rings. The zero-order valence-corrected chi connectivity index (χ0v) is 14.1. The van der Waals surface area contributed by atoms with Gasteiger partial charge in [0.25, 0.3) is 0 Å². The van der Waals surface area contributed by atoms with Crippen LogP contribution in [0.25, 0.3) is 10.9 Å². The number of hydrogen-bond donors (Lipinski definition) is 1. The van der Waals surface area contributed by atoms with Crippen molar-refractivity contribution in [1.29, 1.82) is 0 Å². The van der Waals surface area contributed by atoms with Gasteiger partial charge in [-0.3, -0.25) is 4.79 Å². The molecule has 4 nitrogen and oxygen atoms in total. The molecule has 0 fully saturated rings. The molecule has 1 N–H and O–H groups in total. The van der Waals surface area contributed by atoms with Crippen LogP contribution in [0, 0.1) is 0 Å². The minimum atomic E-state index is -0.400. The Morgan fingerprint density at radius 3 is 2.44 bits per heavy atom. The number of rotatable bonds is 5. The third kappa shape index (κ3) is 3.19. The van der Waals surface area contributed by atoms with Gasteiger partial charge in [-0.2, -0.15) is 0 Å². The van der Waals surface area contributed by atoms with Crippen LogP contribution in [-0.4, -0.2) is 20.7 Å². The maximum atomic E-state index is 13.3. The summed E-state index contributed by atoms with van der Waals surface area (Å²) < 4.78 is 0. The molecule has 25 heavy (non-hydrogen) atoms. The number of hydrogen-bond acceptors (Lipinski definition) is 4. The number of fused-ring (bicyclic) bond motifs is 1. The van der Waals surface area contributed by atoms with Crippen LogP contribution in [0.1, 0.15) is 21.2 Å². The molecule has 2 aromatic carbocycles. The van der Waals surface area contributed by atoms with E-state index in [-0.39, 0.29) is 5.78 Å². The molecule has 5 heteroatoms. The van der Waals surface area contributed by atoms with Crippen LogP contribution in [0.5, 0.6) is 0 Å². The molecule has 0 unspecified atom stereocenters. The number of Topliss-reactive ketones (excluding diaryl/α,β-unsaturated/α-hetero) is 1. The minimum Gasteiger partial charge on any atom is -0.360 e. The molecule has 122 valence electrons. The van der Waals surface area contributed by atoms with Crippen molar-refractivity contribution in [2.24, 2.45) is 0 Å². The van der Waals surface area contributed by atoms with Gasteiger partial charge in [0.05, 0.1) is 0 Å². The summed E-state index contributed by atoms with van der Waals surface area (Å²) in [5.74, 6) is 0.0427. The quantitative estimate of drug-likeness (QED) is 0.324. The van der Waals surface area contributed by atoms with Crippen LogP contribution < -0.4 is 0 Å². The number of H-pyrrole nitrogens is 1. The van der Waals surface area contributed by atoms with Gasteiger partial charge >= 0.3 is 0 Å². The highest BCUT2D eigenvalue weighted by atomic mass is 32.2. The van der Waals surface area contributed by atoms with E-state index in [1.165, 1.54) is 11.8 Å². The SMILES string of the molecule is O=C(c1c[nH]c2ccccc12)[C@@H](Sc1ncccn1)c1ccccc1. The smallest absolute Gasteiger partial charge is 0.188 e. The maximum absolute atomic E-state index is 13.3. The van der Waals surface area contributed by atoms with Crippen molar-refractivity contribution in [2.75, 3.05) is 0 Å². The predicted molar refractivity (Wildman–Crippen MR) is 99.7 cm³/mol. The lowest BCUT2D eigenvalue weighted by Gasteiger charge is -2.14. The Morgan fingerprint density at radius 2 is 1.64 bits per heavy atom. The molecule has 0 saturated heterocycles. The summed E-state index contributed by atoms with van der Waals surface area (Å²) in [7, 11) is 0. The zero-order chi connectivity index (χ0) is 17.1. The summed E-state index contributed by atoms with van der Waals surface area (Å²) in [5, 5.41) is 1.12. The Hall–Kier alpha value is -2.92. The average molecular weight is 345 g/mol. The van der Waals surface area contributed by atoms with E-state index < -0.39 is 5.25 Å². The van der Waals surface area contributed by atoms with Crippen molar-refractivity contribution in [3.8, 4) is 0 Å². The highest BCUT2D eigenvalue weighted by Crippen LogP contribution is 2.37. The Morgan fingerprint density at radius 1 is 0.920 bits per heavy atom. The number of thioether (sulfide) groups is 1.